The van der Waals surface area contributed by atoms with Crippen molar-refractivity contribution in [3.8, 4) is 0 Å². The van der Waals surface area contributed by atoms with Crippen molar-refractivity contribution < 1.29 is 14.6 Å². The number of carbonyl (C=O) groups excluding carboxylic acids is 1. The Kier molecular flexibility index (Phi) is 28.7. The minimum absolute atomic E-state index is 0.00995. The first-order chi connectivity index (χ1) is 17.2. The Bertz CT molecular complexity index is 446. The molecule has 0 fully saturated rings. The van der Waals surface area contributed by atoms with E-state index in [2.05, 4.69) is 26.0 Å². The maximum atomic E-state index is 11.9. The van der Waals surface area contributed by atoms with Gasteiger partial charge in [-0.2, -0.15) is 0 Å². The molecule has 0 aliphatic heterocycles. The van der Waals surface area contributed by atoms with E-state index in [0.717, 1.165) is 44.9 Å². The number of esters is 1. The van der Waals surface area contributed by atoms with E-state index in [1.807, 2.05) is 0 Å². The van der Waals surface area contributed by atoms with Crippen molar-refractivity contribution in [2.75, 3.05) is 6.61 Å². The highest BCUT2D eigenvalue weighted by Crippen LogP contribution is 2.13. The second-order valence-corrected chi connectivity index (χ2v) is 10.6. The van der Waals surface area contributed by atoms with Crippen LogP contribution in [-0.2, 0) is 9.53 Å². The van der Waals surface area contributed by atoms with E-state index in [-0.39, 0.29) is 12.1 Å². The highest BCUT2D eigenvalue weighted by Gasteiger charge is 2.03. The third kappa shape index (κ3) is 29.3. The second-order valence-electron chi connectivity index (χ2n) is 10.6. The van der Waals surface area contributed by atoms with E-state index >= 15 is 0 Å². The lowest BCUT2D eigenvalue weighted by Gasteiger charge is -2.07. The first-order valence-corrected chi connectivity index (χ1v) is 15.7. The lowest BCUT2D eigenvalue weighted by Crippen LogP contribution is -2.05. The minimum atomic E-state index is -0.164. The van der Waals surface area contributed by atoms with Crippen molar-refractivity contribution in [2.24, 2.45) is 0 Å². The zero-order valence-corrected chi connectivity index (χ0v) is 23.9. The molecule has 0 aliphatic rings. The molecule has 0 saturated heterocycles. The third-order valence-corrected chi connectivity index (χ3v) is 6.98. The molecular weight excluding hydrogens is 432 g/mol. The first kappa shape index (κ1) is 34.2. The van der Waals surface area contributed by atoms with Gasteiger partial charge < -0.3 is 9.84 Å². The summed E-state index contributed by atoms with van der Waals surface area (Å²) >= 11 is 0. The van der Waals surface area contributed by atoms with E-state index in [4.69, 9.17) is 4.74 Å². The van der Waals surface area contributed by atoms with Crippen molar-refractivity contribution in [3.63, 3.8) is 0 Å². The highest BCUT2D eigenvalue weighted by atomic mass is 16.5. The fraction of sp³-hybridized carbons (Fsp3) is 0.906. The maximum absolute atomic E-state index is 11.9. The molecule has 0 rings (SSSR count). The molecule has 0 aromatic rings. The number of unbranched alkanes of at least 4 members (excludes halogenated alkanes) is 19. The van der Waals surface area contributed by atoms with Gasteiger partial charge in [0, 0.05) is 6.42 Å². The molecule has 0 heterocycles. The summed E-state index contributed by atoms with van der Waals surface area (Å²) in [5.41, 5.74) is 0. The van der Waals surface area contributed by atoms with E-state index in [1.54, 1.807) is 0 Å². The molecule has 0 bridgehead atoms. The number of aliphatic hydroxyl groups is 1. The molecule has 0 aliphatic carbocycles. The largest absolute Gasteiger partial charge is 0.466 e. The predicted octanol–water partition coefficient (Wildman–Crippen LogP) is 10.2. The average molecular weight is 495 g/mol. The monoisotopic (exact) mass is 494 g/mol. The molecule has 0 amide bonds. The van der Waals surface area contributed by atoms with Gasteiger partial charge in [-0.3, -0.25) is 4.79 Å². The van der Waals surface area contributed by atoms with Crippen LogP contribution < -0.4 is 0 Å². The summed E-state index contributed by atoms with van der Waals surface area (Å²) in [5, 5.41) is 9.96. The summed E-state index contributed by atoms with van der Waals surface area (Å²) in [6, 6.07) is 0. The zero-order valence-electron chi connectivity index (χ0n) is 23.9. The molecule has 1 N–H and O–H groups in total. The molecule has 0 unspecified atom stereocenters. The summed E-state index contributed by atoms with van der Waals surface area (Å²) in [6.45, 7) is 5.10. The second kappa shape index (κ2) is 29.4. The van der Waals surface area contributed by atoms with Gasteiger partial charge in [0.15, 0.2) is 0 Å². The van der Waals surface area contributed by atoms with Gasteiger partial charge in [-0.05, 0) is 38.5 Å². The van der Waals surface area contributed by atoms with Crippen LogP contribution in [0.5, 0.6) is 0 Å². The van der Waals surface area contributed by atoms with Crippen LogP contribution in [0.25, 0.3) is 0 Å². The SMILES string of the molecule is CCCCCCCCCCCCCCOC(=O)CCCCCCCC=CC[C@H](O)CCCCCC. The molecular formula is C32H62O3. The number of hydrogen-bond acceptors (Lipinski definition) is 3. The Morgan fingerprint density at radius 1 is 0.629 bits per heavy atom. The summed E-state index contributed by atoms with van der Waals surface area (Å²) in [5.74, 6) is -0.00995. The van der Waals surface area contributed by atoms with Crippen molar-refractivity contribution in [1.82, 2.24) is 0 Å². The zero-order chi connectivity index (χ0) is 25.7. The van der Waals surface area contributed by atoms with Gasteiger partial charge in [0.05, 0.1) is 12.7 Å². The number of carbonyl (C=O) groups is 1. The Morgan fingerprint density at radius 2 is 1.11 bits per heavy atom. The lowest BCUT2D eigenvalue weighted by atomic mass is 10.1. The van der Waals surface area contributed by atoms with Crippen molar-refractivity contribution >= 4 is 5.97 Å². The molecule has 35 heavy (non-hydrogen) atoms. The molecule has 0 aromatic heterocycles. The van der Waals surface area contributed by atoms with Crippen molar-refractivity contribution in [2.45, 2.75) is 180 Å². The van der Waals surface area contributed by atoms with Crippen molar-refractivity contribution in [1.29, 1.82) is 0 Å². The molecule has 0 spiro atoms. The van der Waals surface area contributed by atoms with Gasteiger partial charge in [-0.1, -0.05) is 142 Å². The van der Waals surface area contributed by atoms with Gasteiger partial charge in [0.2, 0.25) is 0 Å². The summed E-state index contributed by atoms with van der Waals surface area (Å²) in [6.07, 6.45) is 34.2. The molecule has 3 heteroatoms. The smallest absolute Gasteiger partial charge is 0.305 e. The molecule has 0 aromatic carbocycles. The predicted molar refractivity (Wildman–Crippen MR) is 153 cm³/mol. The van der Waals surface area contributed by atoms with E-state index < -0.39 is 0 Å². The van der Waals surface area contributed by atoms with Crippen LogP contribution in [0.15, 0.2) is 12.2 Å². The van der Waals surface area contributed by atoms with E-state index in [1.165, 1.54) is 109 Å². The number of aliphatic hydroxyl groups excluding tert-OH is 1. The average Bonchev–Trinajstić information content (AvgIpc) is 2.85. The van der Waals surface area contributed by atoms with Gasteiger partial charge in [0.25, 0.3) is 0 Å². The summed E-state index contributed by atoms with van der Waals surface area (Å²) < 4.78 is 5.39. The van der Waals surface area contributed by atoms with Crippen LogP contribution in [0, 0.1) is 0 Å². The molecule has 3 nitrogen and oxygen atoms in total. The standard InChI is InChI=1S/C32H62O3/c1-3-5-7-9-10-11-12-13-16-19-22-26-30-35-32(34)29-25-21-18-15-14-17-20-24-28-31(33)27-23-8-6-4-2/h20,24,31,33H,3-19,21-23,25-30H2,1-2H3/t31-/m1/s1. The molecule has 208 valence electrons. The Balaban J connectivity index is 3.27. The summed E-state index contributed by atoms with van der Waals surface area (Å²) in [7, 11) is 0. The van der Waals surface area contributed by atoms with Crippen molar-refractivity contribution in [3.05, 3.63) is 12.2 Å². The van der Waals surface area contributed by atoms with Crippen LogP contribution in [0.3, 0.4) is 0 Å². The van der Waals surface area contributed by atoms with Gasteiger partial charge in [-0.25, -0.2) is 0 Å². The van der Waals surface area contributed by atoms with Crippen LogP contribution in [0.4, 0.5) is 0 Å². The van der Waals surface area contributed by atoms with Crippen LogP contribution >= 0.6 is 0 Å². The Labute approximate surface area is 219 Å². The quantitative estimate of drug-likeness (QED) is 0.0668. The Morgan fingerprint density at radius 3 is 1.71 bits per heavy atom. The van der Waals surface area contributed by atoms with E-state index in [9.17, 15) is 9.90 Å². The normalized spacial score (nSPS) is 12.4. The Hall–Kier alpha value is -0.830. The lowest BCUT2D eigenvalue weighted by molar-refractivity contribution is -0.143. The fourth-order valence-corrected chi connectivity index (χ4v) is 4.56. The highest BCUT2D eigenvalue weighted by molar-refractivity contribution is 5.69. The van der Waals surface area contributed by atoms with Crippen LogP contribution in [-0.4, -0.2) is 23.8 Å². The van der Waals surface area contributed by atoms with Crippen LogP contribution in [0.2, 0.25) is 0 Å². The van der Waals surface area contributed by atoms with Crippen LogP contribution in [0.1, 0.15) is 174 Å². The third-order valence-electron chi connectivity index (χ3n) is 6.98. The van der Waals surface area contributed by atoms with Gasteiger partial charge in [0.1, 0.15) is 0 Å². The number of ether oxygens (including phenoxy) is 1. The summed E-state index contributed by atoms with van der Waals surface area (Å²) in [4.78, 5) is 11.9. The first-order valence-electron chi connectivity index (χ1n) is 15.7. The fourth-order valence-electron chi connectivity index (χ4n) is 4.56. The number of allylic oxidation sites excluding steroid dienone is 1. The molecule has 1 atom stereocenters. The molecule has 0 saturated carbocycles. The van der Waals surface area contributed by atoms with Gasteiger partial charge in [-0.15, -0.1) is 0 Å². The molecule has 0 radical (unpaired) electrons. The maximum Gasteiger partial charge on any atom is 0.305 e. The number of hydrogen-bond donors (Lipinski definition) is 1. The van der Waals surface area contributed by atoms with Gasteiger partial charge >= 0.3 is 5.97 Å². The minimum Gasteiger partial charge on any atom is -0.466 e. The number of rotatable bonds is 28. The van der Waals surface area contributed by atoms with E-state index in [0.29, 0.717) is 13.0 Å². The topological polar surface area (TPSA) is 46.5 Å².